The van der Waals surface area contributed by atoms with Crippen LogP contribution < -0.4 is 5.32 Å². The lowest BCUT2D eigenvalue weighted by Crippen LogP contribution is -2.57. The number of hydrogen-bond donors (Lipinski definition) is 4. The quantitative estimate of drug-likeness (QED) is 0.329. The predicted octanol–water partition coefficient (Wildman–Crippen LogP) is 3.08. The van der Waals surface area contributed by atoms with Crippen molar-refractivity contribution >= 4 is 29.3 Å². The van der Waals surface area contributed by atoms with E-state index in [0.717, 1.165) is 44.2 Å². The molecule has 4 rings (SSSR count). The van der Waals surface area contributed by atoms with Crippen molar-refractivity contribution in [2.24, 2.45) is 33.7 Å². The molecule has 0 saturated heterocycles. The van der Waals surface area contributed by atoms with Gasteiger partial charge in [0.25, 0.3) is 5.91 Å². The van der Waals surface area contributed by atoms with Crippen LogP contribution in [0.3, 0.4) is 0 Å². The topological polar surface area (TPSA) is 163 Å². The second kappa shape index (κ2) is 10.4. The maximum atomic E-state index is 12.4. The third-order valence-electron chi connectivity index (χ3n) is 10.4. The Morgan fingerprint density at radius 3 is 2.45 bits per heavy atom. The van der Waals surface area contributed by atoms with E-state index in [0.29, 0.717) is 30.6 Å². The maximum absolute atomic E-state index is 12.4. The van der Waals surface area contributed by atoms with Crippen LogP contribution in [0.1, 0.15) is 85.0 Å². The molecule has 7 atom stereocenters. The molecule has 0 spiro atoms. The number of nitrogens with one attached hydrogen (secondary N) is 1. The van der Waals surface area contributed by atoms with E-state index < -0.39 is 36.1 Å². The van der Waals surface area contributed by atoms with Crippen LogP contribution in [0.2, 0.25) is 0 Å². The van der Waals surface area contributed by atoms with E-state index in [-0.39, 0.29) is 29.5 Å². The van der Waals surface area contributed by atoms with Gasteiger partial charge in [0.15, 0.2) is 12.4 Å². The summed E-state index contributed by atoms with van der Waals surface area (Å²) in [5.41, 5.74) is 0.532. The first-order valence-corrected chi connectivity index (χ1v) is 13.7. The Balaban J connectivity index is 1.38. The summed E-state index contributed by atoms with van der Waals surface area (Å²) in [6.07, 6.45) is 8.32. The summed E-state index contributed by atoms with van der Waals surface area (Å²) in [5.74, 6) is -1.90. The molecular formula is C28H40N2O8. The highest BCUT2D eigenvalue weighted by Crippen LogP contribution is 2.67. The number of Topliss-reactive ketones (excluding diaryl/α,β-unsaturated/α-hetero) is 1. The van der Waals surface area contributed by atoms with Crippen LogP contribution in [0.25, 0.3) is 0 Å². The number of carbonyl (C=O) groups excluding carboxylic acids is 2. The summed E-state index contributed by atoms with van der Waals surface area (Å²) in [6, 6.07) is -1.30. The van der Waals surface area contributed by atoms with Crippen molar-refractivity contribution in [2.75, 3.05) is 6.61 Å². The molecule has 0 radical (unpaired) electrons. The van der Waals surface area contributed by atoms with Crippen LogP contribution in [0, 0.1) is 28.6 Å². The molecule has 0 aromatic heterocycles. The average Bonchev–Trinajstić information content (AvgIpc) is 3.13. The van der Waals surface area contributed by atoms with E-state index in [1.807, 2.05) is 0 Å². The molecule has 0 bridgehead atoms. The van der Waals surface area contributed by atoms with Crippen molar-refractivity contribution in [3.63, 3.8) is 0 Å². The number of nitrogens with zero attached hydrogens (tertiary/aromatic N) is 1. The van der Waals surface area contributed by atoms with Gasteiger partial charge in [0.1, 0.15) is 11.6 Å². The van der Waals surface area contributed by atoms with Gasteiger partial charge in [0.05, 0.1) is 5.71 Å². The highest BCUT2D eigenvalue weighted by atomic mass is 16.6. The first kappa shape index (κ1) is 28.3. The normalized spacial score (nSPS) is 37.7. The number of carboxylic acids is 2. The van der Waals surface area contributed by atoms with Crippen molar-refractivity contribution in [3.8, 4) is 0 Å². The fourth-order valence-electron chi connectivity index (χ4n) is 8.17. The maximum Gasteiger partial charge on any atom is 0.326 e. The van der Waals surface area contributed by atoms with Gasteiger partial charge >= 0.3 is 11.9 Å². The zero-order chi connectivity index (χ0) is 27.9. The lowest BCUT2D eigenvalue weighted by molar-refractivity contribution is -0.159. The Bertz CT molecular complexity index is 1070. The minimum absolute atomic E-state index is 0.0242. The zero-order valence-corrected chi connectivity index (χ0v) is 22.5. The molecule has 4 aliphatic carbocycles. The monoisotopic (exact) mass is 532 g/mol. The number of hydrogen-bond acceptors (Lipinski definition) is 7. The smallest absolute Gasteiger partial charge is 0.326 e. The lowest BCUT2D eigenvalue weighted by Gasteiger charge is -2.59. The van der Waals surface area contributed by atoms with E-state index in [9.17, 15) is 29.4 Å². The van der Waals surface area contributed by atoms with Crippen LogP contribution in [-0.4, -0.2) is 62.9 Å². The largest absolute Gasteiger partial charge is 0.481 e. The first-order valence-electron chi connectivity index (χ1n) is 13.7. The van der Waals surface area contributed by atoms with Gasteiger partial charge in [0, 0.05) is 11.8 Å². The highest BCUT2D eigenvalue weighted by molar-refractivity contribution is 5.96. The van der Waals surface area contributed by atoms with Crippen LogP contribution in [0.5, 0.6) is 0 Å². The Kier molecular flexibility index (Phi) is 7.76. The predicted molar refractivity (Wildman–Crippen MR) is 137 cm³/mol. The van der Waals surface area contributed by atoms with Gasteiger partial charge in [-0.15, -0.1) is 0 Å². The summed E-state index contributed by atoms with van der Waals surface area (Å²) in [5, 5.41) is 35.7. The van der Waals surface area contributed by atoms with E-state index in [1.165, 1.54) is 12.5 Å². The molecule has 0 heterocycles. The van der Waals surface area contributed by atoms with Gasteiger partial charge in [-0.1, -0.05) is 24.6 Å². The van der Waals surface area contributed by atoms with Gasteiger partial charge in [-0.2, -0.15) is 0 Å². The van der Waals surface area contributed by atoms with Crippen molar-refractivity contribution in [1.29, 1.82) is 0 Å². The summed E-state index contributed by atoms with van der Waals surface area (Å²) in [4.78, 5) is 51.7. The van der Waals surface area contributed by atoms with Crippen molar-refractivity contribution in [3.05, 3.63) is 11.6 Å². The van der Waals surface area contributed by atoms with Crippen LogP contribution in [-0.2, 0) is 24.0 Å². The molecule has 38 heavy (non-hydrogen) atoms. The Labute approximate surface area is 222 Å². The first-order chi connectivity index (χ1) is 17.8. The number of aliphatic hydroxyl groups is 1. The second-order valence-corrected chi connectivity index (χ2v) is 12.2. The molecule has 10 nitrogen and oxygen atoms in total. The van der Waals surface area contributed by atoms with E-state index >= 15 is 0 Å². The van der Waals surface area contributed by atoms with Crippen molar-refractivity contribution in [2.45, 2.75) is 96.6 Å². The van der Waals surface area contributed by atoms with E-state index in [2.05, 4.69) is 30.4 Å². The number of aliphatic carboxylic acids is 2. The Hall–Kier alpha value is -2.75. The molecule has 0 aromatic carbocycles. The molecule has 10 heteroatoms. The second-order valence-electron chi connectivity index (χ2n) is 12.2. The number of ketones is 1. The molecule has 210 valence electrons. The summed E-state index contributed by atoms with van der Waals surface area (Å²) in [6.45, 7) is 5.53. The van der Waals surface area contributed by atoms with Crippen LogP contribution in [0.15, 0.2) is 16.8 Å². The molecular weight excluding hydrogens is 492 g/mol. The zero-order valence-electron chi connectivity index (χ0n) is 22.5. The standard InChI is InChI=1S/C28H40N2O8/c1-16(31)28(37)13-10-21-19-5-4-17-14-18(8-11-26(17,2)20(19)9-12-27(21,28)3)30-38-15-23(32)29-22(25(35)36)6-7-24(33)34/h14,19-22,37H,4-13,15H2,1-3H3,(H,29,32)(H,33,34)(H,35,36)/b30-18-/t19-,20+,21+,22-,26-,27+,28+/m0/s1. The number of carboxylic acid groups (broad SMARTS) is 2. The fraction of sp³-hybridized carbons (Fsp3) is 0.750. The highest BCUT2D eigenvalue weighted by Gasteiger charge is 2.65. The van der Waals surface area contributed by atoms with Gasteiger partial charge in [-0.25, -0.2) is 4.79 Å². The molecule has 3 fully saturated rings. The van der Waals surface area contributed by atoms with Gasteiger partial charge in [-0.3, -0.25) is 14.4 Å². The summed E-state index contributed by atoms with van der Waals surface area (Å²) in [7, 11) is 0. The van der Waals surface area contributed by atoms with E-state index in [1.54, 1.807) is 0 Å². The molecule has 4 aliphatic rings. The minimum atomic E-state index is -1.30. The number of amides is 1. The average molecular weight is 533 g/mol. The van der Waals surface area contributed by atoms with Gasteiger partial charge in [-0.05, 0) is 94.0 Å². The number of allylic oxidation sites excluding steroid dienone is 2. The number of oxime groups is 1. The minimum Gasteiger partial charge on any atom is -0.481 e. The SMILES string of the molecule is CC(=O)[C@]1(O)CC[C@@H]2[C@H]3CCC4=C/C(=N\OCC(=O)N[C@@H](CCC(=O)O)C(=O)O)CC[C@]4(C)[C@@H]3CC[C@]21C. The Morgan fingerprint density at radius 1 is 1.08 bits per heavy atom. The van der Waals surface area contributed by atoms with E-state index in [4.69, 9.17) is 9.94 Å². The molecule has 0 aliphatic heterocycles. The summed E-state index contributed by atoms with van der Waals surface area (Å²) < 4.78 is 0. The molecule has 3 saturated carbocycles. The lowest BCUT2D eigenvalue weighted by atomic mass is 9.46. The molecule has 4 N–H and O–H groups in total. The fourth-order valence-corrected chi connectivity index (χ4v) is 8.17. The molecule has 1 amide bonds. The van der Waals surface area contributed by atoms with Gasteiger partial charge in [0.2, 0.25) is 0 Å². The van der Waals surface area contributed by atoms with Gasteiger partial charge < -0.3 is 25.5 Å². The van der Waals surface area contributed by atoms with Crippen molar-refractivity contribution in [1.82, 2.24) is 5.32 Å². The van der Waals surface area contributed by atoms with Crippen molar-refractivity contribution < 1.29 is 39.3 Å². The molecule has 0 aromatic rings. The third-order valence-corrected chi connectivity index (χ3v) is 10.4. The number of carbonyl (C=O) groups is 4. The third kappa shape index (κ3) is 4.87. The van der Waals surface area contributed by atoms with Crippen LogP contribution >= 0.6 is 0 Å². The number of fused-ring (bicyclic) bond motifs is 5. The van der Waals surface area contributed by atoms with Crippen LogP contribution in [0.4, 0.5) is 0 Å². The summed E-state index contributed by atoms with van der Waals surface area (Å²) >= 11 is 0. The molecule has 0 unspecified atom stereocenters. The number of rotatable bonds is 9. The Morgan fingerprint density at radius 2 is 1.79 bits per heavy atom.